The average molecular weight is 362 g/mol. The van der Waals surface area contributed by atoms with Crippen molar-refractivity contribution in [3.05, 3.63) is 50.9 Å². The van der Waals surface area contributed by atoms with Gasteiger partial charge in [-0.05, 0) is 31.4 Å². The lowest BCUT2D eigenvalue weighted by Crippen LogP contribution is -2.12. The fourth-order valence-corrected chi connectivity index (χ4v) is 4.49. The van der Waals surface area contributed by atoms with Gasteiger partial charge in [-0.15, -0.1) is 22.7 Å². The van der Waals surface area contributed by atoms with Crippen LogP contribution in [-0.4, -0.2) is 15.9 Å². The summed E-state index contributed by atoms with van der Waals surface area (Å²) in [5.41, 5.74) is 2.49. The highest BCUT2D eigenvalue weighted by atomic mass is 35.5. The number of rotatable bonds is 3. The maximum atomic E-state index is 12.3. The Morgan fingerprint density at radius 2 is 2.00 bits per heavy atom. The number of aromatic nitrogens is 2. The van der Waals surface area contributed by atoms with E-state index in [4.69, 9.17) is 11.6 Å². The van der Waals surface area contributed by atoms with Crippen LogP contribution >= 0.6 is 34.3 Å². The van der Waals surface area contributed by atoms with Gasteiger partial charge >= 0.3 is 0 Å². The molecular formula is C16H12ClN3OS2. The molecule has 4 nitrogen and oxygen atoms in total. The van der Waals surface area contributed by atoms with Crippen molar-refractivity contribution in [2.45, 2.75) is 19.3 Å². The van der Waals surface area contributed by atoms with Crippen molar-refractivity contribution in [1.82, 2.24) is 9.97 Å². The van der Waals surface area contributed by atoms with E-state index >= 15 is 0 Å². The van der Waals surface area contributed by atoms with Crippen molar-refractivity contribution in [1.29, 1.82) is 0 Å². The van der Waals surface area contributed by atoms with Gasteiger partial charge in [-0.3, -0.25) is 10.1 Å². The summed E-state index contributed by atoms with van der Waals surface area (Å²) in [6, 6.07) is 7.42. The zero-order valence-corrected chi connectivity index (χ0v) is 14.4. The molecule has 4 rings (SSSR count). The second-order valence-electron chi connectivity index (χ2n) is 5.24. The average Bonchev–Trinajstić information content (AvgIpc) is 3.22. The Bertz CT molecular complexity index is 848. The molecule has 0 aliphatic heterocycles. The standard InChI is InChI=1S/C16H12ClN3OS2/c17-10-6-4-9(5-7-10)15-18-12(8-22-15)14(21)20-16-19-11-2-1-3-13(11)23-16/h4-8H,1-3H2,(H,19,20,21). The van der Waals surface area contributed by atoms with E-state index in [-0.39, 0.29) is 5.91 Å². The number of anilines is 1. The van der Waals surface area contributed by atoms with Gasteiger partial charge in [0.05, 0.1) is 5.69 Å². The zero-order valence-electron chi connectivity index (χ0n) is 12.0. The molecule has 1 N–H and O–H groups in total. The fraction of sp³-hybridized carbons (Fsp3) is 0.188. The SMILES string of the molecule is O=C(Nc1nc2c(s1)CCC2)c1csc(-c2ccc(Cl)cc2)n1. The van der Waals surface area contributed by atoms with E-state index in [9.17, 15) is 4.79 Å². The number of benzene rings is 1. The molecule has 1 amide bonds. The maximum absolute atomic E-state index is 12.3. The molecule has 0 radical (unpaired) electrons. The number of hydrogen-bond acceptors (Lipinski definition) is 5. The van der Waals surface area contributed by atoms with Gasteiger partial charge in [-0.25, -0.2) is 9.97 Å². The molecule has 7 heteroatoms. The van der Waals surface area contributed by atoms with E-state index in [1.54, 1.807) is 16.7 Å². The lowest BCUT2D eigenvalue weighted by molar-refractivity contribution is 0.102. The molecule has 0 fully saturated rings. The van der Waals surface area contributed by atoms with Crippen molar-refractivity contribution in [2.24, 2.45) is 0 Å². The molecule has 1 aromatic carbocycles. The number of amides is 1. The van der Waals surface area contributed by atoms with Crippen LogP contribution in [0.5, 0.6) is 0 Å². The minimum atomic E-state index is -0.214. The van der Waals surface area contributed by atoms with E-state index in [1.165, 1.54) is 22.6 Å². The largest absolute Gasteiger partial charge is 0.296 e. The van der Waals surface area contributed by atoms with Crippen LogP contribution in [0.4, 0.5) is 5.13 Å². The van der Waals surface area contributed by atoms with Crippen LogP contribution in [0.3, 0.4) is 0 Å². The Morgan fingerprint density at radius 3 is 2.78 bits per heavy atom. The van der Waals surface area contributed by atoms with Crippen LogP contribution in [0.1, 0.15) is 27.5 Å². The van der Waals surface area contributed by atoms with Crippen LogP contribution < -0.4 is 5.32 Å². The summed E-state index contributed by atoms with van der Waals surface area (Å²) in [6.45, 7) is 0. The van der Waals surface area contributed by atoms with Crippen molar-refractivity contribution >= 4 is 45.3 Å². The third kappa shape index (κ3) is 3.02. The number of hydrogen-bond donors (Lipinski definition) is 1. The molecule has 1 aliphatic carbocycles. The Morgan fingerprint density at radius 1 is 1.17 bits per heavy atom. The normalized spacial score (nSPS) is 13.1. The van der Waals surface area contributed by atoms with Gasteiger partial charge < -0.3 is 0 Å². The van der Waals surface area contributed by atoms with Gasteiger partial charge in [-0.2, -0.15) is 0 Å². The minimum Gasteiger partial charge on any atom is -0.296 e. The van der Waals surface area contributed by atoms with Gasteiger partial charge in [0.2, 0.25) is 0 Å². The number of nitrogens with one attached hydrogen (secondary N) is 1. The third-order valence-corrected chi connectivity index (χ3v) is 5.86. The first kappa shape index (κ1) is 14.8. The van der Waals surface area contributed by atoms with Gasteiger partial charge in [-0.1, -0.05) is 23.7 Å². The molecule has 0 unspecified atom stereocenters. The van der Waals surface area contributed by atoms with E-state index in [0.29, 0.717) is 15.8 Å². The summed E-state index contributed by atoms with van der Waals surface area (Å²) < 4.78 is 0. The summed E-state index contributed by atoms with van der Waals surface area (Å²) >= 11 is 8.90. The fourth-order valence-electron chi connectivity index (χ4n) is 2.51. The van der Waals surface area contributed by atoms with Gasteiger partial charge in [0.15, 0.2) is 5.13 Å². The van der Waals surface area contributed by atoms with E-state index < -0.39 is 0 Å². The summed E-state index contributed by atoms with van der Waals surface area (Å²) in [6.07, 6.45) is 3.25. The predicted molar refractivity (Wildman–Crippen MR) is 94.7 cm³/mol. The monoisotopic (exact) mass is 361 g/mol. The molecular weight excluding hydrogens is 350 g/mol. The molecule has 0 saturated carbocycles. The number of nitrogens with zero attached hydrogens (tertiary/aromatic N) is 2. The Hall–Kier alpha value is -1.76. The van der Waals surface area contributed by atoms with E-state index in [1.807, 2.05) is 24.3 Å². The smallest absolute Gasteiger partial charge is 0.276 e. The highest BCUT2D eigenvalue weighted by Crippen LogP contribution is 2.31. The minimum absolute atomic E-state index is 0.214. The molecule has 116 valence electrons. The van der Waals surface area contributed by atoms with Crippen LogP contribution in [0.2, 0.25) is 5.02 Å². The Balaban J connectivity index is 1.51. The molecule has 3 aromatic rings. The number of halogens is 1. The number of carbonyl (C=O) groups excluding carboxylic acids is 1. The lowest BCUT2D eigenvalue weighted by Gasteiger charge is -1.98. The van der Waals surface area contributed by atoms with E-state index in [0.717, 1.165) is 29.1 Å². The summed E-state index contributed by atoms with van der Waals surface area (Å²) in [4.78, 5) is 22.5. The van der Waals surface area contributed by atoms with Crippen LogP contribution in [-0.2, 0) is 12.8 Å². The summed E-state index contributed by atoms with van der Waals surface area (Å²) in [7, 11) is 0. The molecule has 2 aromatic heterocycles. The number of thiazole rings is 2. The predicted octanol–water partition coefficient (Wildman–Crippen LogP) is 4.66. The number of aryl methyl sites for hydroxylation is 2. The molecule has 0 spiro atoms. The molecule has 23 heavy (non-hydrogen) atoms. The summed E-state index contributed by atoms with van der Waals surface area (Å²) in [5.74, 6) is -0.214. The highest BCUT2D eigenvalue weighted by molar-refractivity contribution is 7.16. The first-order valence-electron chi connectivity index (χ1n) is 7.20. The van der Waals surface area contributed by atoms with Crippen LogP contribution in [0.15, 0.2) is 29.6 Å². The molecule has 1 aliphatic rings. The molecule has 0 atom stereocenters. The quantitative estimate of drug-likeness (QED) is 0.738. The molecule has 0 bridgehead atoms. The van der Waals surface area contributed by atoms with Crippen LogP contribution in [0.25, 0.3) is 10.6 Å². The molecule has 0 saturated heterocycles. The lowest BCUT2D eigenvalue weighted by atomic mass is 10.2. The van der Waals surface area contributed by atoms with Gasteiger partial charge in [0, 0.05) is 20.8 Å². The van der Waals surface area contributed by atoms with E-state index in [2.05, 4.69) is 15.3 Å². The zero-order chi connectivity index (χ0) is 15.8. The second-order valence-corrected chi connectivity index (χ2v) is 7.62. The number of carbonyl (C=O) groups is 1. The van der Waals surface area contributed by atoms with Crippen LogP contribution in [0, 0.1) is 0 Å². The topological polar surface area (TPSA) is 54.9 Å². The van der Waals surface area contributed by atoms with Crippen molar-refractivity contribution in [2.75, 3.05) is 5.32 Å². The maximum Gasteiger partial charge on any atom is 0.276 e. The molecule has 2 heterocycles. The van der Waals surface area contributed by atoms with Crippen molar-refractivity contribution in [3.8, 4) is 10.6 Å². The number of fused-ring (bicyclic) bond motifs is 1. The third-order valence-electron chi connectivity index (χ3n) is 3.64. The van der Waals surface area contributed by atoms with Gasteiger partial charge in [0.1, 0.15) is 10.7 Å². The van der Waals surface area contributed by atoms with Crippen molar-refractivity contribution < 1.29 is 4.79 Å². The first-order chi connectivity index (χ1) is 11.2. The van der Waals surface area contributed by atoms with Crippen molar-refractivity contribution in [3.63, 3.8) is 0 Å². The highest BCUT2D eigenvalue weighted by Gasteiger charge is 2.19. The summed E-state index contributed by atoms with van der Waals surface area (Å²) in [5, 5.41) is 6.77. The Kier molecular flexibility index (Phi) is 3.88. The van der Waals surface area contributed by atoms with Gasteiger partial charge in [0.25, 0.3) is 5.91 Å². The second kappa shape index (κ2) is 6.03. The Labute approximate surface area is 146 Å². The first-order valence-corrected chi connectivity index (χ1v) is 9.28.